The molecular formula is C12H17ClN2O2S2. The van der Waals surface area contributed by atoms with Crippen LogP contribution in [0.1, 0.15) is 25.8 Å². The van der Waals surface area contributed by atoms with Crippen molar-refractivity contribution in [3.8, 4) is 0 Å². The fraction of sp³-hybridized carbons (Fsp3) is 0.417. The van der Waals surface area contributed by atoms with Crippen molar-refractivity contribution in [3.05, 3.63) is 28.8 Å². The molecule has 1 aromatic rings. The van der Waals surface area contributed by atoms with Crippen molar-refractivity contribution >= 4 is 38.8 Å². The SMILES string of the molecule is CCCN(CC)S(=O)(=O)c1cc(C(N)=S)ccc1Cl. The molecular weight excluding hydrogens is 304 g/mol. The highest BCUT2D eigenvalue weighted by Gasteiger charge is 2.25. The average molecular weight is 321 g/mol. The zero-order valence-corrected chi connectivity index (χ0v) is 13.3. The van der Waals surface area contributed by atoms with Gasteiger partial charge in [0, 0.05) is 18.7 Å². The summed E-state index contributed by atoms with van der Waals surface area (Å²) in [5.74, 6) is 0. The Morgan fingerprint density at radius 1 is 1.42 bits per heavy atom. The summed E-state index contributed by atoms with van der Waals surface area (Å²) in [7, 11) is -3.61. The van der Waals surface area contributed by atoms with E-state index in [4.69, 9.17) is 29.6 Å². The van der Waals surface area contributed by atoms with Crippen LogP contribution in [0.15, 0.2) is 23.1 Å². The molecule has 19 heavy (non-hydrogen) atoms. The molecule has 7 heteroatoms. The van der Waals surface area contributed by atoms with Gasteiger partial charge in [0.2, 0.25) is 10.0 Å². The highest BCUT2D eigenvalue weighted by atomic mass is 35.5. The second-order valence-corrected chi connectivity index (χ2v) is 6.76. The molecule has 0 bridgehead atoms. The van der Waals surface area contributed by atoms with E-state index < -0.39 is 10.0 Å². The summed E-state index contributed by atoms with van der Waals surface area (Å²) >= 11 is 10.9. The van der Waals surface area contributed by atoms with E-state index in [1.54, 1.807) is 13.0 Å². The van der Waals surface area contributed by atoms with Gasteiger partial charge in [-0.3, -0.25) is 0 Å². The molecule has 0 saturated heterocycles. The number of benzene rings is 1. The molecule has 4 nitrogen and oxygen atoms in total. The lowest BCUT2D eigenvalue weighted by Gasteiger charge is -2.20. The van der Waals surface area contributed by atoms with Crippen molar-refractivity contribution in [1.29, 1.82) is 0 Å². The van der Waals surface area contributed by atoms with E-state index in [1.165, 1.54) is 16.4 Å². The molecule has 0 aliphatic carbocycles. The second-order valence-electron chi connectivity index (χ2n) is 4.01. The van der Waals surface area contributed by atoms with Crippen LogP contribution >= 0.6 is 23.8 Å². The van der Waals surface area contributed by atoms with Crippen LogP contribution in [0, 0.1) is 0 Å². The number of thiocarbonyl (C=S) groups is 1. The number of rotatable bonds is 6. The highest BCUT2D eigenvalue weighted by molar-refractivity contribution is 7.89. The summed E-state index contributed by atoms with van der Waals surface area (Å²) in [4.78, 5) is 0.196. The molecule has 2 N–H and O–H groups in total. The van der Waals surface area contributed by atoms with E-state index in [-0.39, 0.29) is 14.9 Å². The second kappa shape index (κ2) is 6.65. The zero-order valence-electron chi connectivity index (χ0n) is 10.9. The minimum Gasteiger partial charge on any atom is -0.389 e. The Morgan fingerprint density at radius 3 is 2.53 bits per heavy atom. The van der Waals surface area contributed by atoms with Gasteiger partial charge in [-0.2, -0.15) is 4.31 Å². The zero-order chi connectivity index (χ0) is 14.6. The fourth-order valence-corrected chi connectivity index (χ4v) is 3.86. The summed E-state index contributed by atoms with van der Waals surface area (Å²) < 4.78 is 26.4. The average Bonchev–Trinajstić information content (AvgIpc) is 2.35. The predicted molar refractivity (Wildman–Crippen MR) is 82.1 cm³/mol. The van der Waals surface area contributed by atoms with Crippen LogP contribution in [0.25, 0.3) is 0 Å². The van der Waals surface area contributed by atoms with Gasteiger partial charge in [0.15, 0.2) is 0 Å². The molecule has 1 aromatic carbocycles. The molecule has 0 amide bonds. The quantitative estimate of drug-likeness (QED) is 0.817. The van der Waals surface area contributed by atoms with E-state index in [2.05, 4.69) is 0 Å². The van der Waals surface area contributed by atoms with Crippen LogP contribution in [0.2, 0.25) is 5.02 Å². The maximum atomic E-state index is 12.5. The smallest absolute Gasteiger partial charge is 0.244 e. The molecule has 0 saturated carbocycles. The first-order valence-corrected chi connectivity index (χ1v) is 8.16. The number of halogens is 1. The first-order chi connectivity index (χ1) is 8.84. The third-order valence-corrected chi connectivity index (χ3v) is 5.35. The molecule has 0 fully saturated rings. The first-order valence-electron chi connectivity index (χ1n) is 5.94. The van der Waals surface area contributed by atoms with Gasteiger partial charge >= 0.3 is 0 Å². The fourth-order valence-electron chi connectivity index (χ4n) is 1.69. The summed E-state index contributed by atoms with van der Waals surface area (Å²) in [5, 5.41) is 0.176. The largest absolute Gasteiger partial charge is 0.389 e. The van der Waals surface area contributed by atoms with Crippen LogP contribution < -0.4 is 5.73 Å². The third-order valence-electron chi connectivity index (χ3n) is 2.66. The van der Waals surface area contributed by atoms with Gasteiger partial charge in [-0.25, -0.2) is 8.42 Å². The molecule has 0 heterocycles. The van der Waals surface area contributed by atoms with Gasteiger partial charge in [-0.1, -0.05) is 43.7 Å². The van der Waals surface area contributed by atoms with Gasteiger partial charge in [0.1, 0.15) is 9.88 Å². The Labute approximate surface area is 124 Å². The Balaban J connectivity index is 3.34. The number of nitrogens with zero attached hydrogens (tertiary/aromatic N) is 1. The summed E-state index contributed by atoms with van der Waals surface area (Å²) in [6.07, 6.45) is 0.736. The van der Waals surface area contributed by atoms with Crippen molar-refractivity contribution in [2.75, 3.05) is 13.1 Å². The van der Waals surface area contributed by atoms with Crippen molar-refractivity contribution in [1.82, 2.24) is 4.31 Å². The number of nitrogens with two attached hydrogens (primary N) is 1. The molecule has 0 aromatic heterocycles. The molecule has 0 unspecified atom stereocenters. The minimum atomic E-state index is -3.61. The van der Waals surface area contributed by atoms with Gasteiger partial charge in [0.25, 0.3) is 0 Å². The summed E-state index contributed by atoms with van der Waals surface area (Å²) in [6.45, 7) is 4.56. The van der Waals surface area contributed by atoms with Gasteiger partial charge in [-0.05, 0) is 18.6 Å². The lowest BCUT2D eigenvalue weighted by molar-refractivity contribution is 0.427. The van der Waals surface area contributed by atoms with Gasteiger partial charge < -0.3 is 5.73 Å². The van der Waals surface area contributed by atoms with E-state index in [1.807, 2.05) is 6.92 Å². The molecule has 0 radical (unpaired) electrons. The highest BCUT2D eigenvalue weighted by Crippen LogP contribution is 2.26. The minimum absolute atomic E-state index is 0.0507. The third kappa shape index (κ3) is 3.66. The van der Waals surface area contributed by atoms with Crippen LogP contribution in [0.4, 0.5) is 0 Å². The lowest BCUT2D eigenvalue weighted by Crippen LogP contribution is -2.32. The Bertz CT molecular complexity index is 573. The Hall–Kier alpha value is -0.690. The van der Waals surface area contributed by atoms with E-state index >= 15 is 0 Å². The van der Waals surface area contributed by atoms with Crippen LogP contribution in [0.3, 0.4) is 0 Å². The van der Waals surface area contributed by atoms with E-state index in [9.17, 15) is 8.42 Å². The maximum absolute atomic E-state index is 12.5. The van der Waals surface area contributed by atoms with Gasteiger partial charge in [0.05, 0.1) is 5.02 Å². The number of hydrogen-bond donors (Lipinski definition) is 1. The normalized spacial score (nSPS) is 11.8. The summed E-state index contributed by atoms with van der Waals surface area (Å²) in [5.41, 5.74) is 6.01. The van der Waals surface area contributed by atoms with Crippen molar-refractivity contribution < 1.29 is 8.42 Å². The molecule has 1 rings (SSSR count). The molecule has 0 atom stereocenters. The topological polar surface area (TPSA) is 63.4 Å². The van der Waals surface area contributed by atoms with Gasteiger partial charge in [-0.15, -0.1) is 0 Å². The Kier molecular flexibility index (Phi) is 5.73. The number of hydrogen-bond acceptors (Lipinski definition) is 3. The standard InChI is InChI=1S/C12H17ClN2O2S2/c1-3-7-15(4-2)19(16,17)11-8-9(12(14)18)5-6-10(11)13/h5-6,8H,3-4,7H2,1-2H3,(H2,14,18). The van der Waals surface area contributed by atoms with Crippen LogP contribution in [0.5, 0.6) is 0 Å². The van der Waals surface area contributed by atoms with Crippen LogP contribution in [-0.4, -0.2) is 30.8 Å². The van der Waals surface area contributed by atoms with E-state index in [0.29, 0.717) is 18.7 Å². The first kappa shape index (κ1) is 16.4. The molecule has 0 spiro atoms. The van der Waals surface area contributed by atoms with Crippen molar-refractivity contribution in [2.24, 2.45) is 5.73 Å². The van der Waals surface area contributed by atoms with Crippen LogP contribution in [-0.2, 0) is 10.0 Å². The number of sulfonamides is 1. The Morgan fingerprint density at radius 2 is 2.05 bits per heavy atom. The lowest BCUT2D eigenvalue weighted by atomic mass is 10.2. The van der Waals surface area contributed by atoms with Crippen molar-refractivity contribution in [2.45, 2.75) is 25.2 Å². The van der Waals surface area contributed by atoms with Crippen molar-refractivity contribution in [3.63, 3.8) is 0 Å². The molecule has 0 aliphatic heterocycles. The predicted octanol–water partition coefficient (Wildman–Crippen LogP) is 2.39. The summed E-state index contributed by atoms with van der Waals surface area (Å²) in [6, 6.07) is 4.54. The van der Waals surface area contributed by atoms with E-state index in [0.717, 1.165) is 6.42 Å². The molecule has 106 valence electrons. The maximum Gasteiger partial charge on any atom is 0.244 e. The monoisotopic (exact) mass is 320 g/mol. The molecule has 0 aliphatic rings.